The number of hydrogen-bond donors (Lipinski definition) is 1. The van der Waals surface area contributed by atoms with Gasteiger partial charge < -0.3 is 14.8 Å². The van der Waals surface area contributed by atoms with Gasteiger partial charge in [-0.25, -0.2) is 0 Å². The lowest BCUT2D eigenvalue weighted by Crippen LogP contribution is -2.06. The van der Waals surface area contributed by atoms with Crippen LogP contribution in [-0.4, -0.2) is 7.11 Å². The Hall–Kier alpha value is -1.98. The summed E-state index contributed by atoms with van der Waals surface area (Å²) in [4.78, 5) is 0. The molecular formula is C21H19Br2NO2. The molecule has 0 spiro atoms. The molecule has 134 valence electrons. The van der Waals surface area contributed by atoms with E-state index in [0.29, 0.717) is 13.2 Å². The summed E-state index contributed by atoms with van der Waals surface area (Å²) in [6, 6.07) is 22.1. The highest BCUT2D eigenvalue weighted by Gasteiger charge is 2.15. The Morgan fingerprint density at radius 3 is 2.31 bits per heavy atom. The molecule has 1 N–H and O–H groups in total. The Labute approximate surface area is 170 Å². The van der Waals surface area contributed by atoms with Gasteiger partial charge in [-0.1, -0.05) is 62.2 Å². The lowest BCUT2D eigenvalue weighted by Gasteiger charge is -2.17. The fourth-order valence-electron chi connectivity index (χ4n) is 2.55. The van der Waals surface area contributed by atoms with E-state index in [1.807, 2.05) is 66.7 Å². The molecule has 0 amide bonds. The topological polar surface area (TPSA) is 30.5 Å². The molecule has 0 aliphatic rings. The standard InChI is InChI=1S/C21H19Br2NO2/c1-25-20-12-11-19(23)18(13-24-17-9-7-16(22)8-10-17)21(20)26-14-15-5-3-2-4-6-15/h2-12,24H,13-14H2,1H3. The van der Waals surface area contributed by atoms with Crippen LogP contribution in [0.1, 0.15) is 11.1 Å². The van der Waals surface area contributed by atoms with E-state index in [4.69, 9.17) is 9.47 Å². The van der Waals surface area contributed by atoms with E-state index >= 15 is 0 Å². The Bertz CT molecular complexity index is 852. The van der Waals surface area contributed by atoms with E-state index in [2.05, 4.69) is 37.2 Å². The first kappa shape index (κ1) is 18.8. The third kappa shape index (κ3) is 4.80. The largest absolute Gasteiger partial charge is 0.493 e. The first-order valence-electron chi connectivity index (χ1n) is 8.19. The molecule has 26 heavy (non-hydrogen) atoms. The van der Waals surface area contributed by atoms with Gasteiger partial charge in [0.25, 0.3) is 0 Å². The summed E-state index contributed by atoms with van der Waals surface area (Å²) < 4.78 is 13.7. The van der Waals surface area contributed by atoms with E-state index in [1.54, 1.807) is 7.11 Å². The van der Waals surface area contributed by atoms with Crippen LogP contribution in [0.15, 0.2) is 75.7 Å². The molecule has 0 atom stereocenters. The quantitative estimate of drug-likeness (QED) is 0.427. The fraction of sp³-hybridized carbons (Fsp3) is 0.143. The minimum atomic E-state index is 0.485. The second-order valence-electron chi connectivity index (χ2n) is 5.69. The summed E-state index contributed by atoms with van der Waals surface area (Å²) in [5.74, 6) is 1.46. The van der Waals surface area contributed by atoms with Crippen molar-refractivity contribution in [3.05, 3.63) is 86.8 Å². The van der Waals surface area contributed by atoms with E-state index in [1.165, 1.54) is 0 Å². The minimum Gasteiger partial charge on any atom is -0.493 e. The summed E-state index contributed by atoms with van der Waals surface area (Å²) in [7, 11) is 1.66. The zero-order valence-electron chi connectivity index (χ0n) is 14.3. The van der Waals surface area contributed by atoms with E-state index < -0.39 is 0 Å². The molecule has 0 saturated heterocycles. The van der Waals surface area contributed by atoms with Crippen molar-refractivity contribution in [2.45, 2.75) is 13.2 Å². The molecule has 3 nitrogen and oxygen atoms in total. The molecule has 0 aromatic heterocycles. The van der Waals surface area contributed by atoms with Gasteiger partial charge in [0.15, 0.2) is 11.5 Å². The Balaban J connectivity index is 1.81. The Morgan fingerprint density at radius 2 is 1.62 bits per heavy atom. The number of ether oxygens (including phenoxy) is 2. The van der Waals surface area contributed by atoms with Gasteiger partial charge in [0.1, 0.15) is 6.61 Å². The summed E-state index contributed by atoms with van der Waals surface area (Å²) in [5, 5.41) is 3.43. The molecule has 0 radical (unpaired) electrons. The summed E-state index contributed by atoms with van der Waals surface area (Å²) >= 11 is 7.09. The smallest absolute Gasteiger partial charge is 0.167 e. The maximum atomic E-state index is 6.13. The maximum Gasteiger partial charge on any atom is 0.167 e. The molecule has 0 bridgehead atoms. The third-order valence-electron chi connectivity index (χ3n) is 3.93. The van der Waals surface area contributed by atoms with Crippen LogP contribution in [0.25, 0.3) is 0 Å². The molecule has 0 aliphatic carbocycles. The molecule has 0 fully saturated rings. The van der Waals surface area contributed by atoms with Crippen molar-refractivity contribution in [3.63, 3.8) is 0 Å². The van der Waals surface area contributed by atoms with Gasteiger partial charge in [0.2, 0.25) is 0 Å². The van der Waals surface area contributed by atoms with Gasteiger partial charge in [-0.15, -0.1) is 0 Å². The van der Waals surface area contributed by atoms with E-state index in [0.717, 1.165) is 37.3 Å². The predicted molar refractivity (Wildman–Crippen MR) is 113 cm³/mol. The van der Waals surface area contributed by atoms with Crippen molar-refractivity contribution in [1.82, 2.24) is 0 Å². The van der Waals surface area contributed by atoms with Crippen molar-refractivity contribution >= 4 is 37.5 Å². The number of nitrogens with one attached hydrogen (secondary N) is 1. The van der Waals surface area contributed by atoms with Crippen LogP contribution in [0.3, 0.4) is 0 Å². The van der Waals surface area contributed by atoms with Crippen molar-refractivity contribution in [2.24, 2.45) is 0 Å². The zero-order valence-corrected chi connectivity index (χ0v) is 17.5. The van der Waals surface area contributed by atoms with Crippen LogP contribution in [-0.2, 0) is 13.2 Å². The Kier molecular flexibility index (Phi) is 6.58. The Morgan fingerprint density at radius 1 is 0.885 bits per heavy atom. The first-order valence-corrected chi connectivity index (χ1v) is 9.77. The van der Waals surface area contributed by atoms with Gasteiger partial charge in [0.05, 0.1) is 7.11 Å². The normalized spacial score (nSPS) is 10.4. The van der Waals surface area contributed by atoms with Gasteiger partial charge in [-0.3, -0.25) is 0 Å². The van der Waals surface area contributed by atoms with E-state index in [9.17, 15) is 0 Å². The number of hydrogen-bond acceptors (Lipinski definition) is 3. The maximum absolute atomic E-state index is 6.13. The van der Waals surface area contributed by atoms with Crippen LogP contribution in [0, 0.1) is 0 Å². The number of benzene rings is 3. The second-order valence-corrected chi connectivity index (χ2v) is 7.46. The highest BCUT2D eigenvalue weighted by molar-refractivity contribution is 9.10. The fourth-order valence-corrected chi connectivity index (χ4v) is 3.27. The van der Waals surface area contributed by atoms with Crippen LogP contribution >= 0.6 is 31.9 Å². The summed E-state index contributed by atoms with van der Waals surface area (Å²) in [5.41, 5.74) is 3.17. The zero-order chi connectivity index (χ0) is 18.4. The SMILES string of the molecule is COc1ccc(Br)c(CNc2ccc(Br)cc2)c1OCc1ccccc1. The molecular weight excluding hydrogens is 458 g/mol. The number of methoxy groups -OCH3 is 1. The minimum absolute atomic E-state index is 0.485. The van der Waals surface area contributed by atoms with Gasteiger partial charge in [-0.2, -0.15) is 0 Å². The average Bonchev–Trinajstić information content (AvgIpc) is 2.67. The average molecular weight is 477 g/mol. The van der Waals surface area contributed by atoms with Gasteiger partial charge in [-0.05, 0) is 42.0 Å². The monoisotopic (exact) mass is 475 g/mol. The lowest BCUT2D eigenvalue weighted by atomic mass is 10.1. The van der Waals surface area contributed by atoms with Gasteiger partial charge in [0, 0.05) is 26.7 Å². The van der Waals surface area contributed by atoms with Crippen LogP contribution in [0.2, 0.25) is 0 Å². The second kappa shape index (κ2) is 9.10. The summed E-state index contributed by atoms with van der Waals surface area (Å²) in [6.07, 6.45) is 0. The van der Waals surface area contributed by atoms with Crippen LogP contribution in [0.5, 0.6) is 11.5 Å². The number of halogens is 2. The molecule has 3 aromatic rings. The summed E-state index contributed by atoms with van der Waals surface area (Å²) in [6.45, 7) is 1.10. The van der Waals surface area contributed by atoms with Crippen molar-refractivity contribution in [2.75, 3.05) is 12.4 Å². The molecule has 0 saturated carbocycles. The van der Waals surface area contributed by atoms with E-state index in [-0.39, 0.29) is 0 Å². The molecule has 0 unspecified atom stereocenters. The predicted octanol–water partition coefficient (Wildman–Crippen LogP) is 6.41. The highest BCUT2D eigenvalue weighted by atomic mass is 79.9. The van der Waals surface area contributed by atoms with Crippen molar-refractivity contribution in [1.29, 1.82) is 0 Å². The van der Waals surface area contributed by atoms with Crippen LogP contribution < -0.4 is 14.8 Å². The number of rotatable bonds is 7. The highest BCUT2D eigenvalue weighted by Crippen LogP contribution is 2.37. The molecule has 0 aliphatic heterocycles. The van der Waals surface area contributed by atoms with Gasteiger partial charge >= 0.3 is 0 Å². The third-order valence-corrected chi connectivity index (χ3v) is 5.20. The number of anilines is 1. The first-order chi connectivity index (χ1) is 12.7. The molecule has 0 heterocycles. The van der Waals surface area contributed by atoms with Crippen molar-refractivity contribution < 1.29 is 9.47 Å². The molecule has 5 heteroatoms. The molecule has 3 aromatic carbocycles. The van der Waals surface area contributed by atoms with Crippen molar-refractivity contribution in [3.8, 4) is 11.5 Å². The molecule has 3 rings (SSSR count). The van der Waals surface area contributed by atoms with Crippen LogP contribution in [0.4, 0.5) is 5.69 Å². The lowest BCUT2D eigenvalue weighted by molar-refractivity contribution is 0.281.